The zero-order valence-electron chi connectivity index (χ0n) is 12.9. The topological polar surface area (TPSA) is 114 Å². The van der Waals surface area contributed by atoms with Crippen molar-refractivity contribution < 1.29 is 9.32 Å². The standard InChI is InChI=1S/C15H20N6O2/c16-14(22)12-6-11(18-19-12)10-2-1-5-21(7-10)8-13-17-15(20-23-13)9-3-4-9/h6,9-10H,1-5,7-8H2,(H2,16,22)(H,18,19)/t10-/m0/s1. The second kappa shape index (κ2) is 5.77. The number of H-pyrrole nitrogens is 1. The number of rotatable bonds is 5. The minimum absolute atomic E-state index is 0.295. The molecule has 0 radical (unpaired) electrons. The van der Waals surface area contributed by atoms with E-state index in [9.17, 15) is 4.79 Å². The third-order valence-corrected chi connectivity index (χ3v) is 4.58. The first-order valence-corrected chi connectivity index (χ1v) is 8.09. The summed E-state index contributed by atoms with van der Waals surface area (Å²) in [7, 11) is 0. The van der Waals surface area contributed by atoms with Crippen LogP contribution in [-0.2, 0) is 6.54 Å². The van der Waals surface area contributed by atoms with Gasteiger partial charge in [0, 0.05) is 24.1 Å². The molecule has 3 heterocycles. The van der Waals surface area contributed by atoms with Gasteiger partial charge >= 0.3 is 0 Å². The summed E-state index contributed by atoms with van der Waals surface area (Å²) in [5.74, 6) is 1.87. The van der Waals surface area contributed by atoms with Crippen LogP contribution in [0.3, 0.4) is 0 Å². The van der Waals surface area contributed by atoms with Crippen molar-refractivity contribution in [3.8, 4) is 0 Å². The summed E-state index contributed by atoms with van der Waals surface area (Å²) in [6.07, 6.45) is 4.49. The van der Waals surface area contributed by atoms with Gasteiger partial charge in [-0.25, -0.2) is 0 Å². The molecule has 1 aliphatic heterocycles. The zero-order valence-corrected chi connectivity index (χ0v) is 12.9. The molecule has 2 aromatic heterocycles. The highest BCUT2D eigenvalue weighted by Crippen LogP contribution is 2.38. The Kier molecular flexibility index (Phi) is 3.60. The number of likely N-dealkylation sites (tertiary alicyclic amines) is 1. The van der Waals surface area contributed by atoms with Crippen LogP contribution in [-0.4, -0.2) is 44.2 Å². The Hall–Kier alpha value is -2.22. The van der Waals surface area contributed by atoms with Gasteiger partial charge in [-0.2, -0.15) is 10.1 Å². The molecule has 0 unspecified atom stereocenters. The van der Waals surface area contributed by atoms with Gasteiger partial charge < -0.3 is 10.3 Å². The highest BCUT2D eigenvalue weighted by atomic mass is 16.5. The smallest absolute Gasteiger partial charge is 0.269 e. The summed E-state index contributed by atoms with van der Waals surface area (Å²) < 4.78 is 5.36. The predicted octanol–water partition coefficient (Wildman–Crippen LogP) is 1.15. The highest BCUT2D eigenvalue weighted by Gasteiger charge is 2.30. The lowest BCUT2D eigenvalue weighted by Gasteiger charge is -2.30. The van der Waals surface area contributed by atoms with E-state index in [-0.39, 0.29) is 0 Å². The molecule has 2 fully saturated rings. The number of amides is 1. The van der Waals surface area contributed by atoms with Gasteiger partial charge in [-0.05, 0) is 38.3 Å². The molecule has 0 aromatic carbocycles. The van der Waals surface area contributed by atoms with Gasteiger partial charge in [-0.1, -0.05) is 5.16 Å². The van der Waals surface area contributed by atoms with E-state index in [0.717, 1.165) is 37.4 Å². The molecular formula is C15H20N6O2. The van der Waals surface area contributed by atoms with Gasteiger partial charge in [0.05, 0.1) is 6.54 Å². The number of aromatic nitrogens is 4. The molecule has 1 atom stereocenters. The van der Waals surface area contributed by atoms with Crippen molar-refractivity contribution in [3.63, 3.8) is 0 Å². The van der Waals surface area contributed by atoms with E-state index in [1.807, 2.05) is 0 Å². The maximum atomic E-state index is 11.2. The molecule has 1 saturated carbocycles. The van der Waals surface area contributed by atoms with Gasteiger partial charge in [-0.3, -0.25) is 14.8 Å². The van der Waals surface area contributed by atoms with Crippen molar-refractivity contribution in [3.05, 3.63) is 29.2 Å². The maximum Gasteiger partial charge on any atom is 0.269 e. The number of nitrogens with zero attached hydrogens (tertiary/aromatic N) is 4. The Labute approximate surface area is 133 Å². The van der Waals surface area contributed by atoms with E-state index in [2.05, 4.69) is 25.2 Å². The first kappa shape index (κ1) is 14.4. The van der Waals surface area contributed by atoms with Crippen molar-refractivity contribution >= 4 is 5.91 Å². The van der Waals surface area contributed by atoms with E-state index >= 15 is 0 Å². The lowest BCUT2D eigenvalue weighted by atomic mass is 9.94. The number of nitrogens with one attached hydrogen (secondary N) is 1. The summed E-state index contributed by atoms with van der Waals surface area (Å²) >= 11 is 0. The lowest BCUT2D eigenvalue weighted by molar-refractivity contribution is 0.0995. The van der Waals surface area contributed by atoms with Gasteiger partial charge in [0.25, 0.3) is 5.91 Å². The molecule has 2 aliphatic rings. The molecule has 0 bridgehead atoms. The first-order chi connectivity index (χ1) is 11.2. The van der Waals surface area contributed by atoms with E-state index in [4.69, 9.17) is 10.3 Å². The van der Waals surface area contributed by atoms with Crippen LogP contribution in [0.1, 0.15) is 65.4 Å². The number of piperidine rings is 1. The molecule has 122 valence electrons. The molecular weight excluding hydrogens is 296 g/mol. The number of hydrogen-bond donors (Lipinski definition) is 2. The summed E-state index contributed by atoms with van der Waals surface area (Å²) in [5, 5.41) is 11.0. The normalized spacial score (nSPS) is 22.3. The summed E-state index contributed by atoms with van der Waals surface area (Å²) in [6, 6.07) is 1.76. The zero-order chi connectivity index (χ0) is 15.8. The average molecular weight is 316 g/mol. The molecule has 8 heteroatoms. The summed E-state index contributed by atoms with van der Waals surface area (Å²) in [4.78, 5) is 18.0. The Morgan fingerprint density at radius 3 is 3.00 bits per heavy atom. The molecule has 0 spiro atoms. The van der Waals surface area contributed by atoms with Crippen molar-refractivity contribution in [2.24, 2.45) is 5.73 Å². The van der Waals surface area contributed by atoms with Crippen molar-refractivity contribution in [1.82, 2.24) is 25.2 Å². The van der Waals surface area contributed by atoms with Crippen molar-refractivity contribution in [2.45, 2.75) is 44.1 Å². The molecule has 2 aromatic rings. The lowest BCUT2D eigenvalue weighted by Crippen LogP contribution is -2.34. The minimum Gasteiger partial charge on any atom is -0.364 e. The molecule has 3 N–H and O–H groups in total. The van der Waals surface area contributed by atoms with Gasteiger partial charge in [0.2, 0.25) is 5.89 Å². The maximum absolute atomic E-state index is 11.2. The van der Waals surface area contributed by atoms with Gasteiger partial charge in [-0.15, -0.1) is 0 Å². The van der Waals surface area contributed by atoms with E-state index in [1.54, 1.807) is 6.07 Å². The van der Waals surface area contributed by atoms with Crippen molar-refractivity contribution in [2.75, 3.05) is 13.1 Å². The van der Waals surface area contributed by atoms with Crippen LogP contribution in [0.4, 0.5) is 0 Å². The first-order valence-electron chi connectivity index (χ1n) is 8.09. The highest BCUT2D eigenvalue weighted by molar-refractivity contribution is 5.90. The van der Waals surface area contributed by atoms with Crippen LogP contribution in [0.15, 0.2) is 10.6 Å². The van der Waals surface area contributed by atoms with Crippen LogP contribution in [0, 0.1) is 0 Å². The second-order valence-corrected chi connectivity index (χ2v) is 6.47. The molecule has 4 rings (SSSR count). The molecule has 1 saturated heterocycles. The third-order valence-electron chi connectivity index (χ3n) is 4.58. The largest absolute Gasteiger partial charge is 0.364 e. The predicted molar refractivity (Wildman–Crippen MR) is 80.6 cm³/mol. The quantitative estimate of drug-likeness (QED) is 0.855. The van der Waals surface area contributed by atoms with Crippen LogP contribution in [0.5, 0.6) is 0 Å². The van der Waals surface area contributed by atoms with Crippen LogP contribution < -0.4 is 5.73 Å². The fourth-order valence-electron chi connectivity index (χ4n) is 3.16. The van der Waals surface area contributed by atoms with Crippen LogP contribution in [0.25, 0.3) is 0 Å². The van der Waals surface area contributed by atoms with E-state index in [0.29, 0.717) is 30.0 Å². The Bertz CT molecular complexity index is 704. The molecule has 23 heavy (non-hydrogen) atoms. The van der Waals surface area contributed by atoms with Gasteiger partial charge in [0.15, 0.2) is 5.82 Å². The monoisotopic (exact) mass is 316 g/mol. The van der Waals surface area contributed by atoms with Crippen molar-refractivity contribution in [1.29, 1.82) is 0 Å². The summed E-state index contributed by atoms with van der Waals surface area (Å²) in [6.45, 7) is 2.56. The summed E-state index contributed by atoms with van der Waals surface area (Å²) in [5.41, 5.74) is 6.52. The number of carbonyl (C=O) groups is 1. The fraction of sp³-hybridized carbons (Fsp3) is 0.600. The van der Waals surface area contributed by atoms with E-state index in [1.165, 1.54) is 12.8 Å². The molecule has 8 nitrogen and oxygen atoms in total. The Morgan fingerprint density at radius 1 is 1.39 bits per heavy atom. The SMILES string of the molecule is NC(=O)c1cc([C@H]2CCCN(Cc3nc(C4CC4)no3)C2)[nH]n1. The Morgan fingerprint density at radius 2 is 2.26 bits per heavy atom. The van der Waals surface area contributed by atoms with Crippen LogP contribution >= 0.6 is 0 Å². The van der Waals surface area contributed by atoms with Gasteiger partial charge in [0.1, 0.15) is 5.69 Å². The third kappa shape index (κ3) is 3.12. The molecule has 1 aliphatic carbocycles. The fourth-order valence-corrected chi connectivity index (χ4v) is 3.16. The Balaban J connectivity index is 1.40. The average Bonchev–Trinajstić information content (AvgIpc) is 3.09. The number of primary amides is 1. The van der Waals surface area contributed by atoms with Crippen LogP contribution in [0.2, 0.25) is 0 Å². The number of nitrogens with two attached hydrogens (primary N) is 1. The number of hydrogen-bond acceptors (Lipinski definition) is 6. The number of carbonyl (C=O) groups excluding carboxylic acids is 1. The molecule has 1 amide bonds. The number of aromatic amines is 1. The van der Waals surface area contributed by atoms with E-state index < -0.39 is 5.91 Å². The minimum atomic E-state index is -0.501. The second-order valence-electron chi connectivity index (χ2n) is 6.47.